The third-order valence-corrected chi connectivity index (χ3v) is 5.10. The predicted molar refractivity (Wildman–Crippen MR) is 68.9 cm³/mol. The molecule has 1 aromatic heterocycles. The number of thiophene rings is 1. The van der Waals surface area contributed by atoms with Crippen LogP contribution < -0.4 is 0 Å². The molecular weight excluding hydrogens is 329 g/mol. The maximum Gasteiger partial charge on any atom is 0.107 e. The molecular formula is C10H5ClINS. The van der Waals surface area contributed by atoms with Crippen LogP contribution in [0.2, 0.25) is 4.34 Å². The minimum absolute atomic E-state index is 0.445. The van der Waals surface area contributed by atoms with E-state index in [4.69, 9.17) is 16.9 Å². The van der Waals surface area contributed by atoms with E-state index in [-0.39, 0.29) is 0 Å². The molecule has 0 spiro atoms. The van der Waals surface area contributed by atoms with Crippen molar-refractivity contribution in [3.05, 3.63) is 31.7 Å². The first kappa shape index (κ1) is 10.2. The number of nitriles is 1. The number of hydrogen-bond acceptors (Lipinski definition) is 2. The number of benzene rings is 1. The first-order chi connectivity index (χ1) is 6.74. The maximum absolute atomic E-state index is 8.69. The van der Waals surface area contributed by atoms with Crippen molar-refractivity contribution in [3.63, 3.8) is 0 Å². The third kappa shape index (κ3) is 1.62. The molecule has 14 heavy (non-hydrogen) atoms. The van der Waals surface area contributed by atoms with Gasteiger partial charge in [0.05, 0.1) is 16.1 Å². The van der Waals surface area contributed by atoms with E-state index in [0.717, 1.165) is 23.6 Å². The highest BCUT2D eigenvalue weighted by molar-refractivity contribution is 14.1. The van der Waals surface area contributed by atoms with Gasteiger partial charge in [-0.1, -0.05) is 23.7 Å². The number of fused-ring (bicyclic) bond motifs is 1. The Kier molecular flexibility index (Phi) is 2.96. The molecule has 0 amide bonds. The van der Waals surface area contributed by atoms with Gasteiger partial charge in [-0.15, -0.1) is 11.3 Å². The van der Waals surface area contributed by atoms with Crippen LogP contribution in [0.3, 0.4) is 0 Å². The zero-order valence-electron chi connectivity index (χ0n) is 7.05. The van der Waals surface area contributed by atoms with E-state index in [1.807, 2.05) is 18.2 Å². The van der Waals surface area contributed by atoms with E-state index < -0.39 is 0 Å². The molecule has 0 saturated heterocycles. The van der Waals surface area contributed by atoms with Gasteiger partial charge in [0.15, 0.2) is 0 Å². The van der Waals surface area contributed by atoms with E-state index in [1.54, 1.807) is 11.3 Å². The van der Waals surface area contributed by atoms with Crippen molar-refractivity contribution in [3.8, 4) is 6.07 Å². The molecule has 1 aromatic carbocycles. The molecule has 0 fully saturated rings. The smallest absolute Gasteiger partial charge is 0.107 e. The monoisotopic (exact) mass is 333 g/mol. The molecule has 2 aromatic rings. The van der Waals surface area contributed by atoms with Gasteiger partial charge in [-0.25, -0.2) is 0 Å². The van der Waals surface area contributed by atoms with Crippen LogP contribution in [0.5, 0.6) is 0 Å². The summed E-state index contributed by atoms with van der Waals surface area (Å²) < 4.78 is 3.04. The van der Waals surface area contributed by atoms with Crippen LogP contribution in [0.1, 0.15) is 5.56 Å². The molecule has 0 aliphatic heterocycles. The number of rotatable bonds is 1. The van der Waals surface area contributed by atoms with Crippen molar-refractivity contribution in [1.82, 2.24) is 0 Å². The molecule has 0 bridgehead atoms. The highest BCUT2D eigenvalue weighted by Gasteiger charge is 2.10. The fourth-order valence-corrected chi connectivity index (χ4v) is 3.74. The van der Waals surface area contributed by atoms with E-state index >= 15 is 0 Å². The quantitative estimate of drug-likeness (QED) is 0.717. The third-order valence-electron chi connectivity index (χ3n) is 1.97. The largest absolute Gasteiger partial charge is 0.198 e. The van der Waals surface area contributed by atoms with Crippen LogP contribution in [-0.4, -0.2) is 0 Å². The second-order valence-electron chi connectivity index (χ2n) is 2.81. The van der Waals surface area contributed by atoms with Gasteiger partial charge in [-0.3, -0.25) is 0 Å². The van der Waals surface area contributed by atoms with Crippen LogP contribution in [0.4, 0.5) is 0 Å². The Hall–Kier alpha value is -0.310. The van der Waals surface area contributed by atoms with Gasteiger partial charge in [-0.2, -0.15) is 5.26 Å². The molecule has 0 aliphatic carbocycles. The fourth-order valence-electron chi connectivity index (χ4n) is 1.38. The lowest BCUT2D eigenvalue weighted by Crippen LogP contribution is -1.82. The van der Waals surface area contributed by atoms with Crippen molar-refractivity contribution in [2.75, 3.05) is 0 Å². The summed E-state index contributed by atoms with van der Waals surface area (Å²) in [6.45, 7) is 0. The van der Waals surface area contributed by atoms with Gasteiger partial charge in [0.25, 0.3) is 0 Å². The number of halogens is 2. The molecule has 0 N–H and O–H groups in total. The summed E-state index contributed by atoms with van der Waals surface area (Å²) in [6.07, 6.45) is 0.445. The first-order valence-electron chi connectivity index (χ1n) is 3.96. The first-order valence-corrected chi connectivity index (χ1v) is 6.23. The zero-order valence-corrected chi connectivity index (χ0v) is 10.8. The van der Waals surface area contributed by atoms with Crippen LogP contribution in [0.15, 0.2) is 18.2 Å². The summed E-state index contributed by atoms with van der Waals surface area (Å²) in [5.41, 5.74) is 1.07. The lowest BCUT2D eigenvalue weighted by Gasteiger charge is -1.97. The lowest BCUT2D eigenvalue weighted by atomic mass is 10.1. The Morgan fingerprint density at radius 1 is 1.50 bits per heavy atom. The van der Waals surface area contributed by atoms with Gasteiger partial charge >= 0.3 is 0 Å². The standard InChI is InChI=1S/C10H5ClINS/c11-10-9(12)8-6(4-5-13)2-1-3-7(8)14-10/h1-3H,4H2. The molecule has 0 unspecified atom stereocenters. The summed E-state index contributed by atoms with van der Waals surface area (Å²) in [6, 6.07) is 8.16. The Bertz CT molecular complexity index is 527. The minimum atomic E-state index is 0.445. The maximum atomic E-state index is 8.69. The van der Waals surface area contributed by atoms with Crippen molar-refractivity contribution < 1.29 is 0 Å². The molecule has 0 saturated carbocycles. The second kappa shape index (κ2) is 4.05. The summed E-state index contributed by atoms with van der Waals surface area (Å²) in [5, 5.41) is 9.84. The predicted octanol–water partition coefficient (Wildman–Crippen LogP) is 4.23. The number of nitrogens with zero attached hydrogens (tertiary/aromatic N) is 1. The second-order valence-corrected chi connectivity index (χ2v) is 5.55. The molecule has 70 valence electrons. The minimum Gasteiger partial charge on any atom is -0.198 e. The topological polar surface area (TPSA) is 23.8 Å². The summed E-state index contributed by atoms with van der Waals surface area (Å²) in [4.78, 5) is 0. The summed E-state index contributed by atoms with van der Waals surface area (Å²) >= 11 is 9.85. The van der Waals surface area contributed by atoms with Crippen molar-refractivity contribution in [2.45, 2.75) is 6.42 Å². The Morgan fingerprint density at radius 3 is 3.00 bits per heavy atom. The van der Waals surface area contributed by atoms with Gasteiger partial charge in [0.2, 0.25) is 0 Å². The van der Waals surface area contributed by atoms with Gasteiger partial charge in [-0.05, 0) is 34.2 Å². The molecule has 1 nitrogen and oxygen atoms in total. The van der Waals surface area contributed by atoms with Gasteiger partial charge in [0.1, 0.15) is 4.34 Å². The average Bonchev–Trinajstić information content (AvgIpc) is 2.45. The Balaban J connectivity index is 2.79. The van der Waals surface area contributed by atoms with E-state index in [0.29, 0.717) is 6.42 Å². The lowest BCUT2D eigenvalue weighted by molar-refractivity contribution is 1.29. The van der Waals surface area contributed by atoms with Gasteiger partial charge in [0, 0.05) is 10.1 Å². The van der Waals surface area contributed by atoms with Crippen LogP contribution in [0, 0.1) is 14.9 Å². The SMILES string of the molecule is N#CCc1cccc2sc(Cl)c(I)c12. The van der Waals surface area contributed by atoms with Crippen LogP contribution in [-0.2, 0) is 6.42 Å². The molecule has 0 atom stereocenters. The zero-order chi connectivity index (χ0) is 10.1. The van der Waals surface area contributed by atoms with E-state index in [1.165, 1.54) is 0 Å². The van der Waals surface area contributed by atoms with Crippen LogP contribution in [0.25, 0.3) is 10.1 Å². The Labute approximate surface area is 104 Å². The average molecular weight is 334 g/mol. The van der Waals surface area contributed by atoms with E-state index in [9.17, 15) is 0 Å². The molecule has 2 rings (SSSR count). The molecule has 4 heteroatoms. The molecule has 0 radical (unpaired) electrons. The number of hydrogen-bond donors (Lipinski definition) is 0. The fraction of sp³-hybridized carbons (Fsp3) is 0.100. The summed E-state index contributed by atoms with van der Waals surface area (Å²) in [5.74, 6) is 0. The highest BCUT2D eigenvalue weighted by Crippen LogP contribution is 2.37. The van der Waals surface area contributed by atoms with Crippen molar-refractivity contribution in [1.29, 1.82) is 5.26 Å². The normalized spacial score (nSPS) is 10.4. The van der Waals surface area contributed by atoms with Gasteiger partial charge < -0.3 is 0 Å². The molecule has 0 aliphatic rings. The Morgan fingerprint density at radius 2 is 2.29 bits per heavy atom. The van der Waals surface area contributed by atoms with Crippen LogP contribution >= 0.6 is 45.5 Å². The molecule has 1 heterocycles. The van der Waals surface area contributed by atoms with Crippen molar-refractivity contribution in [2.24, 2.45) is 0 Å². The van der Waals surface area contributed by atoms with E-state index in [2.05, 4.69) is 28.7 Å². The van der Waals surface area contributed by atoms with Crippen molar-refractivity contribution >= 4 is 55.6 Å². The highest BCUT2D eigenvalue weighted by atomic mass is 127. The summed E-state index contributed by atoms with van der Waals surface area (Å²) in [7, 11) is 0.